The number of nitrogens with zero attached hydrogens (tertiary/aromatic N) is 4. The summed E-state index contributed by atoms with van der Waals surface area (Å²) in [6.45, 7) is 0. The molecule has 0 bridgehead atoms. The second-order valence-electron chi connectivity index (χ2n) is 3.24. The van der Waals surface area contributed by atoms with Crippen LogP contribution >= 0.6 is 0 Å². The molecule has 0 radical (unpaired) electrons. The second kappa shape index (κ2) is 3.42. The molecule has 0 aliphatic carbocycles. The van der Waals surface area contributed by atoms with Gasteiger partial charge in [0.2, 0.25) is 0 Å². The first-order chi connectivity index (χ1) is 7.57. The summed E-state index contributed by atoms with van der Waals surface area (Å²) in [6, 6.07) is 0. The van der Waals surface area contributed by atoms with Crippen molar-refractivity contribution >= 4 is 16.9 Å². The molecule has 16 heavy (non-hydrogen) atoms. The standard InChI is InChI=1S/C8H9N5O3/c1-12-6-4(5(11-16)9-3-10-6)7(14)13(2)8(12)15/h3,16H,1-2H3,(H,9,10,11). The van der Waals surface area contributed by atoms with Crippen LogP contribution in [0.3, 0.4) is 0 Å². The molecule has 2 N–H and O–H groups in total. The number of hydrogen-bond acceptors (Lipinski definition) is 6. The smallest absolute Gasteiger partial charge is 0.290 e. The monoisotopic (exact) mass is 223 g/mol. The molecule has 0 spiro atoms. The summed E-state index contributed by atoms with van der Waals surface area (Å²) in [5, 5.41) is 8.90. The van der Waals surface area contributed by atoms with Crippen LogP contribution in [0.5, 0.6) is 0 Å². The molecule has 0 atom stereocenters. The normalized spacial score (nSPS) is 10.7. The lowest BCUT2D eigenvalue weighted by Crippen LogP contribution is -2.37. The summed E-state index contributed by atoms with van der Waals surface area (Å²) in [6.07, 6.45) is 1.15. The Morgan fingerprint density at radius 2 is 1.94 bits per heavy atom. The first-order valence-corrected chi connectivity index (χ1v) is 4.38. The summed E-state index contributed by atoms with van der Waals surface area (Å²) in [5.41, 5.74) is 0.925. The first kappa shape index (κ1) is 10.3. The minimum absolute atomic E-state index is 0.0267. The summed E-state index contributed by atoms with van der Waals surface area (Å²) < 4.78 is 2.13. The van der Waals surface area contributed by atoms with Crippen molar-refractivity contribution in [3.05, 3.63) is 27.2 Å². The van der Waals surface area contributed by atoms with Crippen molar-refractivity contribution in [2.45, 2.75) is 0 Å². The van der Waals surface area contributed by atoms with Crippen molar-refractivity contribution in [2.75, 3.05) is 5.48 Å². The Balaban J connectivity index is 3.15. The van der Waals surface area contributed by atoms with Gasteiger partial charge in [-0.2, -0.15) is 0 Å². The molecule has 2 aromatic heterocycles. The molecular weight excluding hydrogens is 214 g/mol. The third kappa shape index (κ3) is 1.20. The van der Waals surface area contributed by atoms with E-state index in [0.717, 1.165) is 10.9 Å². The van der Waals surface area contributed by atoms with Crippen LogP contribution in [0.4, 0.5) is 5.82 Å². The molecule has 0 aliphatic heterocycles. The molecule has 0 fully saturated rings. The van der Waals surface area contributed by atoms with Crippen molar-refractivity contribution < 1.29 is 5.21 Å². The summed E-state index contributed by atoms with van der Waals surface area (Å²) in [4.78, 5) is 30.9. The number of fused-ring (bicyclic) bond motifs is 1. The Labute approximate surface area is 88.8 Å². The molecule has 84 valence electrons. The zero-order valence-corrected chi connectivity index (χ0v) is 8.63. The fraction of sp³-hybridized carbons (Fsp3) is 0.250. The fourth-order valence-electron chi connectivity index (χ4n) is 1.48. The molecule has 0 aliphatic rings. The Bertz CT molecular complexity index is 672. The lowest BCUT2D eigenvalue weighted by Gasteiger charge is -2.07. The summed E-state index contributed by atoms with van der Waals surface area (Å²) >= 11 is 0. The molecule has 8 heteroatoms. The van der Waals surface area contributed by atoms with Gasteiger partial charge in [0.25, 0.3) is 5.56 Å². The largest absolute Gasteiger partial charge is 0.332 e. The van der Waals surface area contributed by atoms with Crippen LogP contribution in [0.15, 0.2) is 15.9 Å². The number of aromatic nitrogens is 4. The minimum Gasteiger partial charge on any atom is -0.290 e. The number of hydrogen-bond donors (Lipinski definition) is 2. The Hall–Kier alpha value is -2.22. The van der Waals surface area contributed by atoms with Crippen LogP contribution < -0.4 is 16.7 Å². The maximum absolute atomic E-state index is 11.8. The van der Waals surface area contributed by atoms with E-state index in [-0.39, 0.29) is 16.9 Å². The maximum Gasteiger partial charge on any atom is 0.332 e. The molecule has 0 amide bonds. The van der Waals surface area contributed by atoms with Gasteiger partial charge in [-0.05, 0) is 0 Å². The van der Waals surface area contributed by atoms with E-state index in [1.54, 1.807) is 5.48 Å². The van der Waals surface area contributed by atoms with Gasteiger partial charge in [-0.15, -0.1) is 0 Å². The quantitative estimate of drug-likeness (QED) is 0.590. The van der Waals surface area contributed by atoms with E-state index in [2.05, 4.69) is 9.97 Å². The van der Waals surface area contributed by atoms with E-state index in [9.17, 15) is 9.59 Å². The van der Waals surface area contributed by atoms with Crippen molar-refractivity contribution in [2.24, 2.45) is 14.1 Å². The average molecular weight is 223 g/mol. The van der Waals surface area contributed by atoms with E-state index >= 15 is 0 Å². The molecular formula is C8H9N5O3. The van der Waals surface area contributed by atoms with Crippen LogP contribution in [-0.2, 0) is 14.1 Å². The Morgan fingerprint density at radius 1 is 1.25 bits per heavy atom. The molecule has 0 saturated carbocycles. The van der Waals surface area contributed by atoms with Crippen LogP contribution in [0, 0.1) is 0 Å². The third-order valence-corrected chi connectivity index (χ3v) is 2.34. The third-order valence-electron chi connectivity index (χ3n) is 2.34. The highest BCUT2D eigenvalue weighted by Crippen LogP contribution is 2.11. The van der Waals surface area contributed by atoms with Gasteiger partial charge in [0.15, 0.2) is 11.5 Å². The van der Waals surface area contributed by atoms with Gasteiger partial charge in [-0.3, -0.25) is 24.6 Å². The maximum atomic E-state index is 11.8. The number of nitrogens with one attached hydrogen (secondary N) is 1. The van der Waals surface area contributed by atoms with Crippen molar-refractivity contribution in [1.82, 2.24) is 19.1 Å². The van der Waals surface area contributed by atoms with Gasteiger partial charge in [-0.25, -0.2) is 14.8 Å². The molecule has 2 rings (SSSR count). The zero-order chi connectivity index (χ0) is 11.9. The summed E-state index contributed by atoms with van der Waals surface area (Å²) in [7, 11) is 2.83. The highest BCUT2D eigenvalue weighted by atomic mass is 16.5. The topological polar surface area (TPSA) is 102 Å². The van der Waals surface area contributed by atoms with Crippen molar-refractivity contribution in [3.63, 3.8) is 0 Å². The van der Waals surface area contributed by atoms with E-state index in [1.165, 1.54) is 18.7 Å². The number of rotatable bonds is 1. The van der Waals surface area contributed by atoms with Crippen LogP contribution in [0.2, 0.25) is 0 Å². The van der Waals surface area contributed by atoms with Gasteiger partial charge in [0.05, 0.1) is 0 Å². The highest BCUT2D eigenvalue weighted by molar-refractivity contribution is 5.84. The minimum atomic E-state index is -0.560. The van der Waals surface area contributed by atoms with Gasteiger partial charge < -0.3 is 0 Å². The molecule has 0 aromatic carbocycles. The molecule has 0 saturated heterocycles. The lowest BCUT2D eigenvalue weighted by molar-refractivity contribution is 0.386. The van der Waals surface area contributed by atoms with E-state index in [0.29, 0.717) is 0 Å². The predicted molar refractivity (Wildman–Crippen MR) is 55.4 cm³/mol. The summed E-state index contributed by atoms with van der Waals surface area (Å²) in [5.74, 6) is -0.0267. The van der Waals surface area contributed by atoms with Gasteiger partial charge in [0, 0.05) is 14.1 Å². The fourth-order valence-corrected chi connectivity index (χ4v) is 1.48. The second-order valence-corrected chi connectivity index (χ2v) is 3.24. The van der Waals surface area contributed by atoms with Gasteiger partial charge in [0.1, 0.15) is 11.7 Å². The Kier molecular flexibility index (Phi) is 2.20. The number of aryl methyl sites for hydroxylation is 1. The van der Waals surface area contributed by atoms with Crippen LogP contribution in [0.1, 0.15) is 0 Å². The van der Waals surface area contributed by atoms with E-state index in [1.807, 2.05) is 0 Å². The predicted octanol–water partition coefficient (Wildman–Crippen LogP) is -1.17. The van der Waals surface area contributed by atoms with Gasteiger partial charge >= 0.3 is 5.69 Å². The first-order valence-electron chi connectivity index (χ1n) is 4.38. The average Bonchev–Trinajstić information content (AvgIpc) is 2.32. The van der Waals surface area contributed by atoms with Gasteiger partial charge in [-0.1, -0.05) is 0 Å². The van der Waals surface area contributed by atoms with Crippen molar-refractivity contribution in [1.29, 1.82) is 0 Å². The number of anilines is 1. The van der Waals surface area contributed by atoms with E-state index < -0.39 is 11.2 Å². The lowest BCUT2D eigenvalue weighted by atomic mass is 10.3. The van der Waals surface area contributed by atoms with Crippen LogP contribution in [-0.4, -0.2) is 24.3 Å². The molecule has 2 heterocycles. The SMILES string of the molecule is Cn1c(=O)c2c(NO)ncnc2n(C)c1=O. The highest BCUT2D eigenvalue weighted by Gasteiger charge is 2.13. The molecule has 8 nitrogen and oxygen atoms in total. The van der Waals surface area contributed by atoms with E-state index in [4.69, 9.17) is 5.21 Å². The van der Waals surface area contributed by atoms with Crippen molar-refractivity contribution in [3.8, 4) is 0 Å². The zero-order valence-electron chi connectivity index (χ0n) is 8.63. The molecule has 0 unspecified atom stereocenters. The molecule has 2 aromatic rings. The van der Waals surface area contributed by atoms with Crippen LogP contribution in [0.25, 0.3) is 11.0 Å². The Morgan fingerprint density at radius 3 is 2.56 bits per heavy atom.